The molecule has 1 aromatic carbocycles. The van der Waals surface area contributed by atoms with Crippen LogP contribution < -0.4 is 10.6 Å². The smallest absolute Gasteiger partial charge is 0.407 e. The lowest BCUT2D eigenvalue weighted by Crippen LogP contribution is -2.50. The molecule has 0 aliphatic heterocycles. The highest BCUT2D eigenvalue weighted by atomic mass is 19.2. The van der Waals surface area contributed by atoms with E-state index in [0.29, 0.717) is 12.8 Å². The first-order valence-corrected chi connectivity index (χ1v) is 11.4. The molecule has 36 heavy (non-hydrogen) atoms. The molecule has 0 radical (unpaired) electrons. The lowest BCUT2D eigenvalue weighted by atomic mass is 9.62. The Kier molecular flexibility index (Phi) is 9.89. The van der Waals surface area contributed by atoms with Gasteiger partial charge in [-0.3, -0.25) is 4.90 Å². The summed E-state index contributed by atoms with van der Waals surface area (Å²) >= 11 is 0. The Bertz CT molecular complexity index is 936. The molecule has 2 rings (SSSR count). The molecular weight excluding hydrogens is 493 g/mol. The van der Waals surface area contributed by atoms with Crippen molar-refractivity contribution in [1.29, 1.82) is 0 Å². The number of aliphatic hydroxyl groups is 1. The fourth-order valence-electron chi connectivity index (χ4n) is 5.06. The Labute approximate surface area is 205 Å². The second kappa shape index (κ2) is 12.0. The lowest BCUT2D eigenvalue weighted by molar-refractivity contribution is 0.0623. The van der Waals surface area contributed by atoms with Gasteiger partial charge in [-0.25, -0.2) is 31.5 Å². The molecule has 2 amide bonds. The molecule has 0 aromatic heterocycles. The van der Waals surface area contributed by atoms with Crippen molar-refractivity contribution in [3.05, 3.63) is 34.6 Å². The molecule has 1 fully saturated rings. The summed E-state index contributed by atoms with van der Waals surface area (Å²) in [7, 11) is 0. The van der Waals surface area contributed by atoms with Gasteiger partial charge in [0, 0.05) is 37.8 Å². The molecule has 1 aliphatic carbocycles. The maximum absolute atomic E-state index is 14.0. The van der Waals surface area contributed by atoms with Gasteiger partial charge in [-0.1, -0.05) is 20.8 Å². The minimum Gasteiger partial charge on any atom is -0.465 e. The summed E-state index contributed by atoms with van der Waals surface area (Å²) in [6, 6.07) is -0.302. The first kappa shape index (κ1) is 29.6. The van der Waals surface area contributed by atoms with E-state index in [2.05, 4.69) is 10.6 Å². The zero-order chi connectivity index (χ0) is 27.3. The molecule has 2 unspecified atom stereocenters. The van der Waals surface area contributed by atoms with Crippen molar-refractivity contribution in [2.75, 3.05) is 32.8 Å². The van der Waals surface area contributed by atoms with Gasteiger partial charge >= 0.3 is 12.2 Å². The quantitative estimate of drug-likeness (QED) is 0.210. The topological polar surface area (TPSA) is 111 Å². The van der Waals surface area contributed by atoms with Gasteiger partial charge in [0.1, 0.15) is 6.61 Å². The molecule has 0 heterocycles. The van der Waals surface area contributed by atoms with Crippen molar-refractivity contribution in [3.63, 3.8) is 0 Å². The number of nitrogens with one attached hydrogen (secondary N) is 2. The van der Waals surface area contributed by atoms with Gasteiger partial charge in [0.25, 0.3) is 0 Å². The van der Waals surface area contributed by atoms with Crippen LogP contribution in [0.2, 0.25) is 0 Å². The molecule has 13 heteroatoms. The number of carbonyl (C=O) groups is 2. The first-order valence-electron chi connectivity index (χ1n) is 11.4. The van der Waals surface area contributed by atoms with Gasteiger partial charge in [0.05, 0.1) is 6.61 Å². The summed E-state index contributed by atoms with van der Waals surface area (Å²) in [5.41, 5.74) is -1.64. The minimum absolute atomic E-state index is 0.149. The summed E-state index contributed by atoms with van der Waals surface area (Å²) in [6.07, 6.45) is -0.0423. The fraction of sp³-hybridized carbons (Fsp3) is 0.652. The van der Waals surface area contributed by atoms with Crippen LogP contribution in [0.3, 0.4) is 0 Å². The van der Waals surface area contributed by atoms with Gasteiger partial charge in [0.15, 0.2) is 23.3 Å². The molecule has 0 bridgehead atoms. The first-order chi connectivity index (χ1) is 16.7. The van der Waals surface area contributed by atoms with E-state index in [-0.39, 0.29) is 37.7 Å². The van der Waals surface area contributed by atoms with Crippen molar-refractivity contribution in [2.45, 2.75) is 52.6 Å². The van der Waals surface area contributed by atoms with Crippen LogP contribution in [0.5, 0.6) is 0 Å². The Morgan fingerprint density at radius 2 is 1.58 bits per heavy atom. The van der Waals surface area contributed by atoms with E-state index < -0.39 is 65.4 Å². The SMILES string of the molecule is CC1(C)CC(NC(=O)OCCN(CCO)Cc2c(F)c(F)c(F)c(F)c2F)CC(C)(CNC(=O)O)C1. The largest absolute Gasteiger partial charge is 0.465 e. The van der Waals surface area contributed by atoms with Crippen LogP contribution in [0.25, 0.3) is 0 Å². The number of hydrogen-bond donors (Lipinski definition) is 4. The van der Waals surface area contributed by atoms with E-state index in [1.165, 1.54) is 4.90 Å². The van der Waals surface area contributed by atoms with Gasteiger partial charge in [-0.15, -0.1) is 0 Å². The zero-order valence-corrected chi connectivity index (χ0v) is 20.4. The minimum atomic E-state index is -2.26. The summed E-state index contributed by atoms with van der Waals surface area (Å²) in [5.74, 6) is -10.3. The molecule has 4 N–H and O–H groups in total. The number of aliphatic hydroxyl groups excluding tert-OH is 1. The molecular formula is C23H32F5N3O5. The van der Waals surface area contributed by atoms with E-state index in [1.807, 2.05) is 20.8 Å². The van der Waals surface area contributed by atoms with Crippen molar-refractivity contribution >= 4 is 12.2 Å². The van der Waals surface area contributed by atoms with Crippen LogP contribution in [0.15, 0.2) is 0 Å². The summed E-state index contributed by atoms with van der Waals surface area (Å²) < 4.78 is 73.4. The molecule has 204 valence electrons. The normalized spacial score (nSPS) is 21.3. The van der Waals surface area contributed by atoms with Crippen molar-refractivity contribution in [3.8, 4) is 0 Å². The van der Waals surface area contributed by atoms with E-state index in [1.54, 1.807) is 0 Å². The van der Waals surface area contributed by atoms with E-state index in [9.17, 15) is 36.6 Å². The Morgan fingerprint density at radius 3 is 2.14 bits per heavy atom. The van der Waals surface area contributed by atoms with Crippen LogP contribution in [0.1, 0.15) is 45.6 Å². The number of nitrogens with zero attached hydrogens (tertiary/aromatic N) is 1. The van der Waals surface area contributed by atoms with Crippen LogP contribution in [0.4, 0.5) is 31.5 Å². The number of halogens is 5. The Morgan fingerprint density at radius 1 is 1.00 bits per heavy atom. The number of alkyl carbamates (subject to hydrolysis) is 1. The number of carboxylic acid groups (broad SMARTS) is 1. The predicted molar refractivity (Wildman–Crippen MR) is 119 cm³/mol. The van der Waals surface area contributed by atoms with Gasteiger partial charge in [-0.2, -0.15) is 0 Å². The second-order valence-electron chi connectivity index (χ2n) is 10.2. The molecule has 8 nitrogen and oxygen atoms in total. The zero-order valence-electron chi connectivity index (χ0n) is 20.4. The fourth-order valence-corrected chi connectivity index (χ4v) is 5.06. The van der Waals surface area contributed by atoms with E-state index >= 15 is 0 Å². The highest BCUT2D eigenvalue weighted by molar-refractivity contribution is 5.67. The van der Waals surface area contributed by atoms with Gasteiger partial charge < -0.3 is 25.6 Å². The summed E-state index contributed by atoms with van der Waals surface area (Å²) in [4.78, 5) is 24.5. The number of benzene rings is 1. The molecule has 0 spiro atoms. The van der Waals surface area contributed by atoms with Crippen LogP contribution in [-0.2, 0) is 11.3 Å². The standard InChI is InChI=1S/C23H32F5N3O5/c1-22(2)8-13(9-23(3,11-22)12-29-20(33)34)30-21(35)36-7-5-31(4-6-32)10-14-15(24)17(26)19(28)18(27)16(14)25/h13,29,32H,4-12H2,1-3H3,(H,30,35)(H,33,34). The van der Waals surface area contributed by atoms with Gasteiger partial charge in [0.2, 0.25) is 5.82 Å². The number of ether oxygens (including phenoxy) is 1. The third kappa shape index (κ3) is 7.92. The predicted octanol–water partition coefficient (Wildman–Crippen LogP) is 3.76. The third-order valence-corrected chi connectivity index (χ3v) is 6.17. The highest BCUT2D eigenvalue weighted by Crippen LogP contribution is 2.45. The number of rotatable bonds is 10. The number of carbonyl (C=O) groups excluding carboxylic acids is 1. The average Bonchev–Trinajstić information content (AvgIpc) is 2.76. The lowest BCUT2D eigenvalue weighted by Gasteiger charge is -2.46. The summed E-state index contributed by atoms with van der Waals surface area (Å²) in [6.45, 7) is 4.39. The van der Waals surface area contributed by atoms with Crippen LogP contribution in [0, 0.1) is 39.9 Å². The van der Waals surface area contributed by atoms with Crippen LogP contribution >= 0.6 is 0 Å². The second-order valence-corrected chi connectivity index (χ2v) is 10.2. The highest BCUT2D eigenvalue weighted by Gasteiger charge is 2.42. The Hall–Kier alpha value is -2.67. The van der Waals surface area contributed by atoms with Crippen molar-refractivity contribution in [2.24, 2.45) is 10.8 Å². The maximum Gasteiger partial charge on any atom is 0.407 e. The van der Waals surface area contributed by atoms with E-state index in [4.69, 9.17) is 9.84 Å². The summed E-state index contributed by atoms with van der Waals surface area (Å²) in [5, 5.41) is 23.3. The molecule has 0 saturated heterocycles. The number of hydrogen-bond acceptors (Lipinski definition) is 5. The van der Waals surface area contributed by atoms with Crippen LogP contribution in [-0.4, -0.2) is 66.2 Å². The number of amides is 2. The van der Waals surface area contributed by atoms with E-state index in [0.717, 1.165) is 6.42 Å². The third-order valence-electron chi connectivity index (χ3n) is 6.17. The molecule has 2 atom stereocenters. The molecule has 1 aliphatic rings. The van der Waals surface area contributed by atoms with Crippen molar-refractivity contribution < 1.29 is 46.5 Å². The van der Waals surface area contributed by atoms with Crippen molar-refractivity contribution in [1.82, 2.24) is 15.5 Å². The Balaban J connectivity index is 1.96. The maximum atomic E-state index is 14.0. The molecule has 1 saturated carbocycles. The monoisotopic (exact) mass is 525 g/mol. The molecule has 1 aromatic rings. The average molecular weight is 526 g/mol. The van der Waals surface area contributed by atoms with Gasteiger partial charge in [-0.05, 0) is 30.1 Å².